The molecule has 0 aliphatic heterocycles. The summed E-state index contributed by atoms with van der Waals surface area (Å²) in [4.78, 5) is 23.9. The van der Waals surface area contributed by atoms with E-state index in [1.165, 1.54) is 7.11 Å². The largest absolute Gasteiger partial charge is 0.453 e. The van der Waals surface area contributed by atoms with Gasteiger partial charge in [-0.05, 0) is 39.0 Å². The van der Waals surface area contributed by atoms with E-state index < -0.39 is 6.09 Å². The van der Waals surface area contributed by atoms with E-state index in [2.05, 4.69) is 20.5 Å². The second kappa shape index (κ2) is 7.63. The standard InChI is InChI=1S/C17H22N4O3/c1-11-9-13(3)21(20-11)10-12(2)18-16(22)14-7-5-6-8-15(14)19-17(23)24-4/h5-9,12H,10H2,1-4H3,(H,18,22)(H,19,23)/t12-/m0/s1. The van der Waals surface area contributed by atoms with Crippen LogP contribution in [0.3, 0.4) is 0 Å². The molecule has 128 valence electrons. The van der Waals surface area contributed by atoms with Gasteiger partial charge in [0.25, 0.3) is 5.91 Å². The molecule has 2 aromatic rings. The van der Waals surface area contributed by atoms with Crippen molar-refractivity contribution >= 4 is 17.7 Å². The molecule has 0 bridgehead atoms. The molecule has 0 spiro atoms. The SMILES string of the molecule is COC(=O)Nc1ccccc1C(=O)N[C@@H](C)Cn1nc(C)cc1C. The highest BCUT2D eigenvalue weighted by Crippen LogP contribution is 2.15. The third kappa shape index (κ3) is 4.34. The number of nitrogens with zero attached hydrogens (tertiary/aromatic N) is 2. The second-order valence-corrected chi connectivity index (χ2v) is 5.65. The number of hydrogen-bond donors (Lipinski definition) is 2. The number of nitrogens with one attached hydrogen (secondary N) is 2. The molecule has 0 radical (unpaired) electrons. The fourth-order valence-corrected chi connectivity index (χ4v) is 2.42. The Bertz CT molecular complexity index is 739. The van der Waals surface area contributed by atoms with E-state index in [1.807, 2.05) is 31.5 Å². The molecule has 0 aliphatic carbocycles. The number of hydrogen-bond acceptors (Lipinski definition) is 4. The van der Waals surface area contributed by atoms with Crippen LogP contribution in [0.4, 0.5) is 10.5 Å². The fourth-order valence-electron chi connectivity index (χ4n) is 2.42. The summed E-state index contributed by atoms with van der Waals surface area (Å²) in [6.45, 7) is 6.38. The lowest BCUT2D eigenvalue weighted by atomic mass is 10.1. The Balaban J connectivity index is 2.06. The molecule has 0 saturated carbocycles. The Morgan fingerprint density at radius 1 is 1.29 bits per heavy atom. The van der Waals surface area contributed by atoms with E-state index in [-0.39, 0.29) is 11.9 Å². The molecule has 7 heteroatoms. The molecule has 1 aromatic heterocycles. The Morgan fingerprint density at radius 3 is 2.62 bits per heavy atom. The van der Waals surface area contributed by atoms with Gasteiger partial charge in [0.2, 0.25) is 0 Å². The van der Waals surface area contributed by atoms with Gasteiger partial charge in [0.05, 0.1) is 30.6 Å². The van der Waals surface area contributed by atoms with Gasteiger partial charge in [-0.3, -0.25) is 14.8 Å². The first-order valence-electron chi connectivity index (χ1n) is 7.66. The van der Waals surface area contributed by atoms with Crippen molar-refractivity contribution in [3.05, 3.63) is 47.3 Å². The zero-order valence-electron chi connectivity index (χ0n) is 14.3. The van der Waals surface area contributed by atoms with Crippen LogP contribution in [0.15, 0.2) is 30.3 Å². The van der Waals surface area contributed by atoms with E-state index in [0.717, 1.165) is 11.4 Å². The summed E-state index contributed by atoms with van der Waals surface area (Å²) in [5.41, 5.74) is 2.77. The minimum atomic E-state index is -0.620. The number of aryl methyl sites for hydroxylation is 2. The normalized spacial score (nSPS) is 11.7. The molecule has 2 amide bonds. The van der Waals surface area contributed by atoms with Crippen LogP contribution in [0.5, 0.6) is 0 Å². The minimum Gasteiger partial charge on any atom is -0.453 e. The van der Waals surface area contributed by atoms with Crippen molar-refractivity contribution in [1.29, 1.82) is 0 Å². The predicted octanol–water partition coefficient (Wildman–Crippen LogP) is 2.50. The summed E-state index contributed by atoms with van der Waals surface area (Å²) in [5, 5.41) is 9.85. The van der Waals surface area contributed by atoms with Crippen LogP contribution >= 0.6 is 0 Å². The number of carbonyl (C=O) groups is 2. The van der Waals surface area contributed by atoms with Crippen LogP contribution in [0.1, 0.15) is 28.7 Å². The van der Waals surface area contributed by atoms with Crippen LogP contribution in [0.2, 0.25) is 0 Å². The van der Waals surface area contributed by atoms with Crippen molar-refractivity contribution in [2.75, 3.05) is 12.4 Å². The van der Waals surface area contributed by atoms with Gasteiger partial charge in [0.15, 0.2) is 0 Å². The summed E-state index contributed by atoms with van der Waals surface area (Å²) in [6, 6.07) is 8.64. The number of aromatic nitrogens is 2. The minimum absolute atomic E-state index is 0.123. The molecule has 0 fully saturated rings. The second-order valence-electron chi connectivity index (χ2n) is 5.65. The quantitative estimate of drug-likeness (QED) is 0.882. The average molecular weight is 330 g/mol. The van der Waals surface area contributed by atoms with Crippen LogP contribution in [0.25, 0.3) is 0 Å². The Labute approximate surface area is 141 Å². The van der Waals surface area contributed by atoms with Crippen molar-refractivity contribution in [3.63, 3.8) is 0 Å². The first kappa shape index (κ1) is 17.5. The van der Waals surface area contributed by atoms with Crippen molar-refractivity contribution in [2.45, 2.75) is 33.4 Å². The predicted molar refractivity (Wildman–Crippen MR) is 91.1 cm³/mol. The van der Waals surface area contributed by atoms with Gasteiger partial charge in [0.1, 0.15) is 0 Å². The summed E-state index contributed by atoms with van der Waals surface area (Å²) in [6.07, 6.45) is -0.620. The van der Waals surface area contributed by atoms with Crippen molar-refractivity contribution in [2.24, 2.45) is 0 Å². The molecular weight excluding hydrogens is 308 g/mol. The number of rotatable bonds is 5. The summed E-state index contributed by atoms with van der Waals surface area (Å²) in [7, 11) is 1.27. The van der Waals surface area contributed by atoms with Crippen molar-refractivity contribution in [1.82, 2.24) is 15.1 Å². The van der Waals surface area contributed by atoms with Gasteiger partial charge in [-0.25, -0.2) is 4.79 Å². The maximum atomic E-state index is 12.5. The number of anilines is 1. The van der Waals surface area contributed by atoms with Crippen LogP contribution in [0, 0.1) is 13.8 Å². The zero-order chi connectivity index (χ0) is 17.7. The maximum absolute atomic E-state index is 12.5. The molecule has 7 nitrogen and oxygen atoms in total. The van der Waals surface area contributed by atoms with Gasteiger partial charge in [0, 0.05) is 11.7 Å². The van der Waals surface area contributed by atoms with Gasteiger partial charge < -0.3 is 10.1 Å². The highest BCUT2D eigenvalue weighted by molar-refractivity contribution is 6.02. The topological polar surface area (TPSA) is 85.2 Å². The van der Waals surface area contributed by atoms with Gasteiger partial charge in [-0.1, -0.05) is 12.1 Å². The third-order valence-corrected chi connectivity index (χ3v) is 3.52. The molecule has 2 N–H and O–H groups in total. The maximum Gasteiger partial charge on any atom is 0.411 e. The lowest BCUT2D eigenvalue weighted by molar-refractivity contribution is 0.0936. The fraction of sp³-hybridized carbons (Fsp3) is 0.353. The highest BCUT2D eigenvalue weighted by Gasteiger charge is 2.16. The first-order valence-corrected chi connectivity index (χ1v) is 7.66. The Hall–Kier alpha value is -2.83. The molecular formula is C17H22N4O3. The molecule has 1 aromatic carbocycles. The Kier molecular flexibility index (Phi) is 5.57. The number of amides is 2. The smallest absolute Gasteiger partial charge is 0.411 e. The Morgan fingerprint density at radius 2 is 2.00 bits per heavy atom. The summed E-state index contributed by atoms with van der Waals surface area (Å²) in [5.74, 6) is -0.268. The van der Waals surface area contributed by atoms with E-state index in [1.54, 1.807) is 24.3 Å². The number of ether oxygens (including phenoxy) is 1. The van der Waals surface area contributed by atoms with Crippen molar-refractivity contribution in [3.8, 4) is 0 Å². The molecule has 1 atom stereocenters. The number of carbonyl (C=O) groups excluding carboxylic acids is 2. The van der Waals surface area contributed by atoms with Crippen molar-refractivity contribution < 1.29 is 14.3 Å². The monoisotopic (exact) mass is 330 g/mol. The van der Waals surface area contributed by atoms with Crippen LogP contribution in [-0.4, -0.2) is 34.9 Å². The highest BCUT2D eigenvalue weighted by atomic mass is 16.5. The van der Waals surface area contributed by atoms with Crippen LogP contribution < -0.4 is 10.6 Å². The third-order valence-electron chi connectivity index (χ3n) is 3.52. The van der Waals surface area contributed by atoms with Crippen LogP contribution in [-0.2, 0) is 11.3 Å². The number of methoxy groups -OCH3 is 1. The van der Waals surface area contributed by atoms with E-state index in [9.17, 15) is 9.59 Å². The van der Waals surface area contributed by atoms with E-state index in [0.29, 0.717) is 17.8 Å². The number of para-hydroxylation sites is 1. The first-order chi connectivity index (χ1) is 11.4. The molecule has 24 heavy (non-hydrogen) atoms. The molecule has 0 unspecified atom stereocenters. The molecule has 0 saturated heterocycles. The lowest BCUT2D eigenvalue weighted by Crippen LogP contribution is -2.36. The number of benzene rings is 1. The van der Waals surface area contributed by atoms with E-state index >= 15 is 0 Å². The van der Waals surface area contributed by atoms with E-state index in [4.69, 9.17) is 0 Å². The molecule has 2 rings (SSSR count). The van der Waals surface area contributed by atoms with Gasteiger partial charge >= 0.3 is 6.09 Å². The summed E-state index contributed by atoms with van der Waals surface area (Å²) < 4.78 is 6.43. The van der Waals surface area contributed by atoms with Gasteiger partial charge in [-0.2, -0.15) is 5.10 Å². The molecule has 0 aliphatic rings. The van der Waals surface area contributed by atoms with Gasteiger partial charge in [-0.15, -0.1) is 0 Å². The molecule has 1 heterocycles. The summed E-state index contributed by atoms with van der Waals surface area (Å²) >= 11 is 0. The lowest BCUT2D eigenvalue weighted by Gasteiger charge is -2.16. The zero-order valence-corrected chi connectivity index (χ0v) is 14.3. The average Bonchev–Trinajstić information content (AvgIpc) is 2.84.